The minimum absolute atomic E-state index is 0.0375. The van der Waals surface area contributed by atoms with Crippen LogP contribution in [-0.4, -0.2) is 29.3 Å². The van der Waals surface area contributed by atoms with E-state index in [0.717, 1.165) is 24.3 Å². The van der Waals surface area contributed by atoms with Crippen molar-refractivity contribution in [1.82, 2.24) is 19.7 Å². The van der Waals surface area contributed by atoms with E-state index < -0.39 is 54.9 Å². The van der Waals surface area contributed by atoms with Crippen LogP contribution in [0.2, 0.25) is 15.1 Å². The third kappa shape index (κ3) is 4.88. The fourth-order valence-electron chi connectivity index (χ4n) is 2.54. The van der Waals surface area contributed by atoms with E-state index in [-0.39, 0.29) is 20.3 Å². The summed E-state index contributed by atoms with van der Waals surface area (Å²) in [5.74, 6) is -3.10. The van der Waals surface area contributed by atoms with Gasteiger partial charge in [0, 0.05) is 0 Å². The van der Waals surface area contributed by atoms with E-state index >= 15 is 0 Å². The van der Waals surface area contributed by atoms with Crippen molar-refractivity contribution < 1.29 is 30.8 Å². The summed E-state index contributed by atoms with van der Waals surface area (Å²) >= 11 is 17.2. The molecule has 0 aliphatic rings. The van der Waals surface area contributed by atoms with Crippen LogP contribution in [0.1, 0.15) is 21.7 Å². The topological polar surface area (TPSA) is 118 Å². The summed E-state index contributed by atoms with van der Waals surface area (Å²) in [6.45, 7) is 0. The van der Waals surface area contributed by atoms with Gasteiger partial charge >= 0.3 is 6.18 Å². The molecule has 1 aromatic heterocycles. The largest absolute Gasteiger partial charge is 0.435 e. The van der Waals surface area contributed by atoms with Crippen molar-refractivity contribution in [2.24, 2.45) is 0 Å². The molecule has 0 saturated carbocycles. The van der Waals surface area contributed by atoms with E-state index in [0.29, 0.717) is 6.07 Å². The summed E-state index contributed by atoms with van der Waals surface area (Å²) in [4.78, 5) is 11.7. The number of halogens is 7. The second-order valence-corrected chi connectivity index (χ2v) is 8.98. The number of hydrogen-bond donors (Lipinski definition) is 1. The summed E-state index contributed by atoms with van der Waals surface area (Å²) in [6.07, 6.45) is -5.32. The van der Waals surface area contributed by atoms with E-state index in [4.69, 9.17) is 40.1 Å². The Morgan fingerprint density at radius 2 is 1.73 bits per heavy atom. The number of sulfonamides is 1. The predicted molar refractivity (Wildman–Crippen MR) is 107 cm³/mol. The Bertz CT molecular complexity index is 1430. The lowest BCUT2D eigenvalue weighted by molar-refractivity contribution is -0.143. The number of benzene rings is 2. The molecule has 0 radical (unpaired) electrons. The standard InChI is InChI=1S/C17H6Cl3F4N5O3S/c18-8-4-10(20)13(5-9(8)19)33(31,32)27-16(30)14-15(17(22,23)24)29(28-26-14)12-2-1-7(6-25)3-11(12)21/h1-5H,(H,27,30). The number of hydrogen-bond acceptors (Lipinski definition) is 6. The van der Waals surface area contributed by atoms with Crippen LogP contribution in [0.15, 0.2) is 35.2 Å². The lowest BCUT2D eigenvalue weighted by Crippen LogP contribution is -2.33. The minimum atomic E-state index is -5.32. The molecule has 0 aliphatic heterocycles. The zero-order valence-corrected chi connectivity index (χ0v) is 18.5. The molecule has 0 fully saturated rings. The molecule has 0 atom stereocenters. The number of nitrogens with one attached hydrogen (secondary N) is 1. The molecule has 0 aliphatic carbocycles. The monoisotopic (exact) mass is 541 g/mol. The van der Waals surface area contributed by atoms with Gasteiger partial charge in [-0.3, -0.25) is 4.79 Å². The van der Waals surface area contributed by atoms with Gasteiger partial charge in [-0.25, -0.2) is 22.2 Å². The Hall–Kier alpha value is -2.92. The SMILES string of the molecule is N#Cc1ccc(-n2nnc(C(=O)NS(=O)(=O)c3cc(Cl)c(Cl)cc3Cl)c2C(F)(F)F)c(F)c1. The van der Waals surface area contributed by atoms with Crippen LogP contribution >= 0.6 is 34.8 Å². The van der Waals surface area contributed by atoms with Crippen molar-refractivity contribution in [1.29, 1.82) is 5.26 Å². The smallest absolute Gasteiger partial charge is 0.266 e. The van der Waals surface area contributed by atoms with E-state index in [9.17, 15) is 30.8 Å². The van der Waals surface area contributed by atoms with Crippen molar-refractivity contribution in [3.63, 3.8) is 0 Å². The summed E-state index contributed by atoms with van der Waals surface area (Å²) in [7, 11) is -4.84. The van der Waals surface area contributed by atoms with Crippen molar-refractivity contribution in [3.8, 4) is 11.8 Å². The maximum atomic E-state index is 14.3. The highest BCUT2D eigenvalue weighted by atomic mass is 35.5. The highest BCUT2D eigenvalue weighted by Gasteiger charge is 2.43. The number of alkyl halides is 3. The van der Waals surface area contributed by atoms with Crippen LogP contribution in [-0.2, 0) is 16.2 Å². The Morgan fingerprint density at radius 3 is 2.30 bits per heavy atom. The van der Waals surface area contributed by atoms with Crippen LogP contribution < -0.4 is 4.72 Å². The van der Waals surface area contributed by atoms with Crippen LogP contribution in [0.3, 0.4) is 0 Å². The molecular weight excluding hydrogens is 537 g/mol. The fourth-order valence-corrected chi connectivity index (χ4v) is 4.50. The van der Waals surface area contributed by atoms with Gasteiger partial charge in [-0.1, -0.05) is 40.0 Å². The van der Waals surface area contributed by atoms with Gasteiger partial charge in [0.1, 0.15) is 16.4 Å². The number of carbonyl (C=O) groups excluding carboxylic acids is 1. The molecule has 0 spiro atoms. The van der Waals surface area contributed by atoms with Gasteiger partial charge in [0.2, 0.25) is 0 Å². The Balaban J connectivity index is 2.08. The molecule has 1 amide bonds. The second-order valence-electron chi connectivity index (χ2n) is 6.11. The zero-order valence-electron chi connectivity index (χ0n) is 15.5. The van der Waals surface area contributed by atoms with Gasteiger partial charge < -0.3 is 0 Å². The number of nitrogens with zero attached hydrogens (tertiary/aromatic N) is 4. The number of aromatic nitrogens is 3. The highest BCUT2D eigenvalue weighted by molar-refractivity contribution is 7.90. The average molecular weight is 543 g/mol. The average Bonchev–Trinajstić information content (AvgIpc) is 3.15. The molecule has 1 heterocycles. The first-order chi connectivity index (χ1) is 15.3. The molecule has 0 bridgehead atoms. The molecule has 0 saturated heterocycles. The molecule has 0 unspecified atom stereocenters. The molecule has 172 valence electrons. The normalized spacial score (nSPS) is 11.8. The Morgan fingerprint density at radius 1 is 1.09 bits per heavy atom. The molecular formula is C17H6Cl3F4N5O3S. The maximum absolute atomic E-state index is 14.3. The maximum Gasteiger partial charge on any atom is 0.435 e. The van der Waals surface area contributed by atoms with Gasteiger partial charge in [-0.2, -0.15) is 18.4 Å². The lowest BCUT2D eigenvalue weighted by atomic mass is 10.2. The Kier molecular flexibility index (Phi) is 6.58. The van der Waals surface area contributed by atoms with Crippen LogP contribution in [0, 0.1) is 17.1 Å². The molecule has 3 rings (SSSR count). The van der Waals surface area contributed by atoms with E-state index in [1.165, 1.54) is 4.72 Å². The molecule has 33 heavy (non-hydrogen) atoms. The van der Waals surface area contributed by atoms with Gasteiger partial charge in [0.25, 0.3) is 15.9 Å². The van der Waals surface area contributed by atoms with Gasteiger partial charge in [-0.05, 0) is 30.3 Å². The van der Waals surface area contributed by atoms with Crippen LogP contribution in [0.4, 0.5) is 17.6 Å². The first-order valence-corrected chi connectivity index (χ1v) is 10.8. The van der Waals surface area contributed by atoms with Crippen LogP contribution in [0.25, 0.3) is 5.69 Å². The van der Waals surface area contributed by atoms with E-state index in [1.54, 1.807) is 6.07 Å². The number of rotatable bonds is 4. The zero-order chi connectivity index (χ0) is 24.7. The van der Waals surface area contributed by atoms with Crippen molar-refractivity contribution >= 4 is 50.7 Å². The summed E-state index contributed by atoms with van der Waals surface area (Å²) in [6, 6.07) is 5.81. The van der Waals surface area contributed by atoms with Gasteiger partial charge in [0.05, 0.1) is 26.7 Å². The van der Waals surface area contributed by atoms with E-state index in [1.807, 2.05) is 0 Å². The second kappa shape index (κ2) is 8.79. The first kappa shape index (κ1) is 24.7. The predicted octanol–water partition coefficient (Wildman–Crippen LogP) is 4.38. The lowest BCUT2D eigenvalue weighted by Gasteiger charge is -2.12. The summed E-state index contributed by atoms with van der Waals surface area (Å²) < 4.78 is 81.8. The quantitative estimate of drug-likeness (QED) is 0.386. The summed E-state index contributed by atoms with van der Waals surface area (Å²) in [5, 5.41) is 14.2. The van der Waals surface area contributed by atoms with Gasteiger partial charge in [0.15, 0.2) is 11.4 Å². The minimum Gasteiger partial charge on any atom is -0.266 e. The van der Waals surface area contributed by atoms with Crippen LogP contribution in [0.5, 0.6) is 0 Å². The molecule has 2 aromatic carbocycles. The fraction of sp³-hybridized carbons (Fsp3) is 0.0588. The molecule has 3 aromatic rings. The summed E-state index contributed by atoms with van der Waals surface area (Å²) in [5.41, 5.74) is -4.30. The molecule has 8 nitrogen and oxygen atoms in total. The van der Waals surface area contributed by atoms with Crippen molar-refractivity contribution in [2.45, 2.75) is 11.1 Å². The number of amides is 1. The molecule has 1 N–H and O–H groups in total. The highest BCUT2D eigenvalue weighted by Crippen LogP contribution is 2.34. The van der Waals surface area contributed by atoms with Crippen molar-refractivity contribution in [3.05, 3.63) is 68.2 Å². The van der Waals surface area contributed by atoms with Gasteiger partial charge in [-0.15, -0.1) is 5.10 Å². The van der Waals surface area contributed by atoms with E-state index in [2.05, 4.69) is 10.3 Å². The molecule has 16 heteroatoms. The third-order valence-corrected chi connectivity index (χ3v) is 6.47. The Labute approximate surface area is 197 Å². The number of nitriles is 1. The third-order valence-electron chi connectivity index (χ3n) is 3.95. The number of carbonyl (C=O) groups is 1. The van der Waals surface area contributed by atoms with Crippen molar-refractivity contribution in [2.75, 3.05) is 0 Å². The first-order valence-electron chi connectivity index (χ1n) is 8.21.